The quantitative estimate of drug-likeness (QED) is 0.676. The minimum absolute atomic E-state index is 0.0632. The van der Waals surface area contributed by atoms with E-state index in [1.54, 1.807) is 29.2 Å². The number of amides is 3. The van der Waals surface area contributed by atoms with Crippen LogP contribution in [0.1, 0.15) is 67.9 Å². The number of imide groups is 1. The highest BCUT2D eigenvalue weighted by Crippen LogP contribution is 2.41. The van der Waals surface area contributed by atoms with Gasteiger partial charge in [0, 0.05) is 38.9 Å². The summed E-state index contributed by atoms with van der Waals surface area (Å²) >= 11 is 0. The Labute approximate surface area is 192 Å². The number of aryl methyl sites for hydroxylation is 2. The van der Waals surface area contributed by atoms with E-state index in [0.29, 0.717) is 54.8 Å². The van der Waals surface area contributed by atoms with Crippen LogP contribution in [0.4, 0.5) is 0 Å². The Morgan fingerprint density at radius 1 is 1.00 bits per heavy atom. The first kappa shape index (κ1) is 21.4. The van der Waals surface area contributed by atoms with Gasteiger partial charge in [-0.3, -0.25) is 24.1 Å². The van der Waals surface area contributed by atoms with Crippen molar-refractivity contribution in [3.8, 4) is 5.75 Å². The summed E-state index contributed by atoms with van der Waals surface area (Å²) in [6.45, 7) is 4.94. The minimum Gasteiger partial charge on any atom is -0.486 e. The van der Waals surface area contributed by atoms with Crippen LogP contribution in [0.25, 0.3) is 0 Å². The monoisotopic (exact) mass is 446 g/mol. The third-order valence-electron chi connectivity index (χ3n) is 6.99. The van der Waals surface area contributed by atoms with Crippen LogP contribution in [0.3, 0.4) is 0 Å². The van der Waals surface area contributed by atoms with E-state index in [-0.39, 0.29) is 36.5 Å². The smallest absolute Gasteiger partial charge is 0.261 e. The topological polar surface area (TPSA) is 84.0 Å². The highest BCUT2D eigenvalue weighted by molar-refractivity contribution is 6.21. The van der Waals surface area contributed by atoms with Crippen LogP contribution in [0.15, 0.2) is 36.4 Å². The second kappa shape index (κ2) is 7.83. The zero-order chi connectivity index (χ0) is 23.3. The highest BCUT2D eigenvalue weighted by Gasteiger charge is 2.44. The van der Waals surface area contributed by atoms with Gasteiger partial charge in [0.1, 0.15) is 11.4 Å². The first-order valence-electron chi connectivity index (χ1n) is 11.3. The number of hydrogen-bond donors (Lipinski definition) is 0. The number of rotatable bonds is 3. The fourth-order valence-corrected chi connectivity index (χ4v) is 5.27. The maximum Gasteiger partial charge on any atom is 0.261 e. The molecule has 1 spiro atoms. The lowest BCUT2D eigenvalue weighted by molar-refractivity contribution is -0.134. The van der Waals surface area contributed by atoms with Crippen molar-refractivity contribution in [3.63, 3.8) is 0 Å². The van der Waals surface area contributed by atoms with Gasteiger partial charge in [-0.2, -0.15) is 0 Å². The Balaban J connectivity index is 1.20. The molecule has 2 aromatic carbocycles. The normalized spacial score (nSPS) is 18.9. The fourth-order valence-electron chi connectivity index (χ4n) is 5.27. The molecule has 3 aliphatic rings. The molecule has 0 aliphatic carbocycles. The highest BCUT2D eigenvalue weighted by atomic mass is 16.5. The number of hydrogen-bond acceptors (Lipinski definition) is 5. The van der Waals surface area contributed by atoms with Crippen LogP contribution >= 0.6 is 0 Å². The lowest BCUT2D eigenvalue weighted by atomic mass is 9.81. The van der Waals surface area contributed by atoms with E-state index >= 15 is 0 Å². The maximum atomic E-state index is 12.9. The van der Waals surface area contributed by atoms with Crippen molar-refractivity contribution in [2.45, 2.75) is 45.1 Å². The Hall–Kier alpha value is -3.48. The van der Waals surface area contributed by atoms with E-state index in [1.807, 2.05) is 26.0 Å². The molecule has 0 N–H and O–H groups in total. The van der Waals surface area contributed by atoms with E-state index in [9.17, 15) is 19.2 Å². The average molecular weight is 447 g/mol. The van der Waals surface area contributed by atoms with Crippen molar-refractivity contribution in [1.29, 1.82) is 0 Å². The second-order valence-corrected chi connectivity index (χ2v) is 9.28. The number of nitrogens with zero attached hydrogens (tertiary/aromatic N) is 2. The van der Waals surface area contributed by atoms with Gasteiger partial charge in [-0.25, -0.2) is 0 Å². The van der Waals surface area contributed by atoms with Gasteiger partial charge in [-0.15, -0.1) is 0 Å². The van der Waals surface area contributed by atoms with Crippen molar-refractivity contribution >= 4 is 23.5 Å². The molecule has 0 atom stereocenters. The van der Waals surface area contributed by atoms with Crippen LogP contribution in [0.2, 0.25) is 0 Å². The largest absolute Gasteiger partial charge is 0.486 e. The molecule has 0 unspecified atom stereocenters. The van der Waals surface area contributed by atoms with E-state index in [4.69, 9.17) is 4.74 Å². The summed E-state index contributed by atoms with van der Waals surface area (Å²) in [5.74, 6) is -0.0531. The molecule has 7 nitrogen and oxygen atoms in total. The standard InChI is InChI=1S/C26H26N2O5/c1-16-13-17(2)23-20(29)15-26(33-21(23)14-16)8-11-27(12-9-26)22(30)7-10-28-24(31)18-5-3-4-6-19(18)25(28)32/h3-6,13-14H,7-12,15H2,1-2H3. The van der Waals surface area contributed by atoms with Crippen molar-refractivity contribution in [3.05, 3.63) is 64.2 Å². The zero-order valence-corrected chi connectivity index (χ0v) is 18.8. The molecule has 7 heteroatoms. The number of carbonyl (C=O) groups excluding carboxylic acids is 4. The number of benzene rings is 2. The first-order valence-corrected chi connectivity index (χ1v) is 11.3. The molecule has 170 valence electrons. The number of Topliss-reactive ketones (excluding diaryl/α,β-unsaturated/α-hetero) is 1. The summed E-state index contributed by atoms with van der Waals surface area (Å²) in [6, 6.07) is 10.6. The third-order valence-corrected chi connectivity index (χ3v) is 6.99. The van der Waals surface area contributed by atoms with Crippen molar-refractivity contribution in [2.75, 3.05) is 19.6 Å². The van der Waals surface area contributed by atoms with Crippen LogP contribution in [0.5, 0.6) is 5.75 Å². The van der Waals surface area contributed by atoms with Crippen molar-refractivity contribution < 1.29 is 23.9 Å². The van der Waals surface area contributed by atoms with Gasteiger partial charge in [0.15, 0.2) is 5.78 Å². The van der Waals surface area contributed by atoms with Crippen molar-refractivity contribution in [1.82, 2.24) is 9.80 Å². The van der Waals surface area contributed by atoms with Gasteiger partial charge in [-0.05, 0) is 43.2 Å². The molecular formula is C26H26N2O5. The molecule has 33 heavy (non-hydrogen) atoms. The minimum atomic E-state index is -0.580. The summed E-state index contributed by atoms with van der Waals surface area (Å²) in [5, 5.41) is 0. The zero-order valence-electron chi connectivity index (χ0n) is 18.8. The molecule has 1 fully saturated rings. The number of likely N-dealkylation sites (tertiary alicyclic amines) is 1. The van der Waals surface area contributed by atoms with E-state index in [0.717, 1.165) is 16.0 Å². The Kier molecular flexibility index (Phi) is 5.07. The predicted molar refractivity (Wildman–Crippen MR) is 120 cm³/mol. The first-order chi connectivity index (χ1) is 15.8. The Morgan fingerprint density at radius 3 is 2.27 bits per heavy atom. The number of piperidine rings is 1. The molecule has 0 bridgehead atoms. The maximum absolute atomic E-state index is 12.9. The lowest BCUT2D eigenvalue weighted by Gasteiger charge is -2.44. The van der Waals surface area contributed by atoms with Crippen LogP contribution in [-0.2, 0) is 4.79 Å². The fraction of sp³-hybridized carbons (Fsp3) is 0.385. The molecule has 0 saturated carbocycles. The molecule has 3 heterocycles. The molecule has 0 aromatic heterocycles. The van der Waals surface area contributed by atoms with Gasteiger partial charge < -0.3 is 9.64 Å². The van der Waals surface area contributed by atoms with Crippen LogP contribution in [0, 0.1) is 13.8 Å². The van der Waals surface area contributed by atoms with Crippen molar-refractivity contribution in [2.24, 2.45) is 0 Å². The number of ether oxygens (including phenoxy) is 1. The van der Waals surface area contributed by atoms with Gasteiger partial charge in [0.2, 0.25) is 5.91 Å². The van der Waals surface area contributed by atoms with Gasteiger partial charge in [0.05, 0.1) is 23.1 Å². The summed E-state index contributed by atoms with van der Waals surface area (Å²) < 4.78 is 6.37. The predicted octanol–water partition coefficient (Wildman–Crippen LogP) is 3.32. The molecule has 0 radical (unpaired) electrons. The molecule has 3 aliphatic heterocycles. The van der Waals surface area contributed by atoms with Crippen LogP contribution < -0.4 is 4.74 Å². The average Bonchev–Trinajstić information content (AvgIpc) is 3.01. The number of carbonyl (C=O) groups is 4. The van der Waals surface area contributed by atoms with E-state index < -0.39 is 5.60 Å². The Bertz CT molecular complexity index is 1160. The third kappa shape index (κ3) is 3.61. The van der Waals surface area contributed by atoms with Gasteiger partial charge in [-0.1, -0.05) is 18.2 Å². The molecule has 3 amide bonds. The Morgan fingerprint density at radius 2 is 1.64 bits per heavy atom. The van der Waals surface area contributed by atoms with Crippen LogP contribution in [-0.4, -0.2) is 58.5 Å². The summed E-state index contributed by atoms with van der Waals surface area (Å²) in [4.78, 5) is 53.6. The number of fused-ring (bicyclic) bond motifs is 2. The second-order valence-electron chi connectivity index (χ2n) is 9.28. The lowest BCUT2D eigenvalue weighted by Crippen LogP contribution is -2.52. The summed E-state index contributed by atoms with van der Waals surface area (Å²) in [6.07, 6.45) is 1.55. The summed E-state index contributed by atoms with van der Waals surface area (Å²) in [5.41, 5.74) is 2.86. The molecule has 5 rings (SSSR count). The summed E-state index contributed by atoms with van der Waals surface area (Å²) in [7, 11) is 0. The van der Waals surface area contributed by atoms with Gasteiger partial charge in [0.25, 0.3) is 11.8 Å². The van der Waals surface area contributed by atoms with Gasteiger partial charge >= 0.3 is 0 Å². The SMILES string of the molecule is Cc1cc(C)c2c(c1)OC1(CCN(C(=O)CCN3C(=O)c4ccccc4C3=O)CC1)CC2=O. The molecule has 2 aromatic rings. The molecule has 1 saturated heterocycles. The molecular weight excluding hydrogens is 420 g/mol. The van der Waals surface area contributed by atoms with E-state index in [2.05, 4.69) is 0 Å². The van der Waals surface area contributed by atoms with E-state index in [1.165, 1.54) is 0 Å². The number of ketones is 1.